The number of aromatic nitrogens is 2. The molecule has 1 N–H and O–H groups in total. The Morgan fingerprint density at radius 3 is 2.57 bits per heavy atom. The van der Waals surface area contributed by atoms with Gasteiger partial charge >= 0.3 is 0 Å². The lowest BCUT2D eigenvalue weighted by Crippen LogP contribution is -2.34. The summed E-state index contributed by atoms with van der Waals surface area (Å²) in [5.74, 6) is 0.782. The average molecular weight is 379 g/mol. The first-order valence-electron chi connectivity index (χ1n) is 8.80. The Balaban J connectivity index is 1.65. The third-order valence-electron chi connectivity index (χ3n) is 4.02. The summed E-state index contributed by atoms with van der Waals surface area (Å²) in [6.07, 6.45) is 0. The summed E-state index contributed by atoms with van der Waals surface area (Å²) in [4.78, 5) is 24.6. The van der Waals surface area contributed by atoms with Crippen LogP contribution >= 0.6 is 0 Å². The van der Waals surface area contributed by atoms with Gasteiger partial charge in [0.1, 0.15) is 18.1 Å². The van der Waals surface area contributed by atoms with Crippen LogP contribution in [0.4, 0.5) is 0 Å². The molecule has 7 nitrogen and oxygen atoms in total. The van der Waals surface area contributed by atoms with Gasteiger partial charge in [0.25, 0.3) is 5.91 Å². The molecule has 3 rings (SSSR count). The van der Waals surface area contributed by atoms with Gasteiger partial charge < -0.3 is 14.8 Å². The molecule has 0 fully saturated rings. The molecule has 0 radical (unpaired) electrons. The molecule has 2 aromatic carbocycles. The highest BCUT2D eigenvalue weighted by atomic mass is 16.5. The van der Waals surface area contributed by atoms with E-state index in [-0.39, 0.29) is 18.8 Å². The Hall–Kier alpha value is -3.61. The zero-order valence-electron chi connectivity index (χ0n) is 15.7. The Morgan fingerprint density at radius 1 is 1.07 bits per heavy atom. The van der Waals surface area contributed by atoms with Gasteiger partial charge in [-0.05, 0) is 31.2 Å². The molecule has 144 valence electrons. The van der Waals surface area contributed by atoms with E-state index in [0.717, 1.165) is 5.69 Å². The van der Waals surface area contributed by atoms with E-state index in [4.69, 9.17) is 9.47 Å². The van der Waals surface area contributed by atoms with Crippen molar-refractivity contribution in [3.63, 3.8) is 0 Å². The van der Waals surface area contributed by atoms with Crippen LogP contribution in [0.15, 0.2) is 65.5 Å². The van der Waals surface area contributed by atoms with Crippen molar-refractivity contribution in [1.82, 2.24) is 15.1 Å². The maximum Gasteiger partial charge on any atom is 0.275 e. The molecule has 1 amide bonds. The molecule has 28 heavy (non-hydrogen) atoms. The van der Waals surface area contributed by atoms with Crippen molar-refractivity contribution in [2.75, 3.05) is 20.3 Å². The zero-order valence-corrected chi connectivity index (χ0v) is 15.7. The molecule has 0 aliphatic rings. The zero-order chi connectivity index (χ0) is 19.9. The summed E-state index contributed by atoms with van der Waals surface area (Å²) in [6, 6.07) is 17.9. The number of aryl methyl sites for hydroxylation is 1. The van der Waals surface area contributed by atoms with Crippen molar-refractivity contribution in [3.8, 4) is 17.2 Å². The monoisotopic (exact) mass is 379 g/mol. The molecular weight excluding hydrogens is 358 g/mol. The summed E-state index contributed by atoms with van der Waals surface area (Å²) in [5.41, 5.74) is 0.844. The van der Waals surface area contributed by atoms with Crippen LogP contribution in [0.25, 0.3) is 5.69 Å². The third-order valence-corrected chi connectivity index (χ3v) is 4.02. The van der Waals surface area contributed by atoms with E-state index in [1.807, 2.05) is 42.5 Å². The first-order chi connectivity index (χ1) is 13.6. The Morgan fingerprint density at radius 2 is 1.82 bits per heavy atom. The topological polar surface area (TPSA) is 82.4 Å². The van der Waals surface area contributed by atoms with E-state index >= 15 is 0 Å². The third kappa shape index (κ3) is 4.56. The molecule has 0 aliphatic heterocycles. The number of carbonyl (C=O) groups excluding carboxylic acids is 1. The van der Waals surface area contributed by atoms with Crippen molar-refractivity contribution < 1.29 is 14.3 Å². The van der Waals surface area contributed by atoms with Gasteiger partial charge in [0, 0.05) is 17.8 Å². The number of methoxy groups -OCH3 is 1. The second-order valence-corrected chi connectivity index (χ2v) is 6.03. The minimum absolute atomic E-state index is 0.157. The predicted molar refractivity (Wildman–Crippen MR) is 105 cm³/mol. The number of hydrogen-bond acceptors (Lipinski definition) is 5. The molecule has 7 heteroatoms. The summed E-state index contributed by atoms with van der Waals surface area (Å²) < 4.78 is 12.3. The molecule has 0 atom stereocenters. The van der Waals surface area contributed by atoms with Crippen LogP contribution in [0.1, 0.15) is 16.2 Å². The van der Waals surface area contributed by atoms with Gasteiger partial charge in [0.15, 0.2) is 5.69 Å². The first kappa shape index (κ1) is 19.2. The number of nitrogens with one attached hydrogen (secondary N) is 1. The number of amides is 1. The second-order valence-electron chi connectivity index (χ2n) is 6.03. The normalized spacial score (nSPS) is 10.4. The van der Waals surface area contributed by atoms with Crippen LogP contribution in [-0.4, -0.2) is 35.9 Å². The van der Waals surface area contributed by atoms with Crippen LogP contribution in [-0.2, 0) is 0 Å². The molecular formula is C21H21N3O4. The summed E-state index contributed by atoms with van der Waals surface area (Å²) in [7, 11) is 1.58. The Labute approximate surface area is 162 Å². The number of ether oxygens (including phenoxy) is 2. The molecule has 1 aromatic heterocycles. The molecule has 0 unspecified atom stereocenters. The lowest BCUT2D eigenvalue weighted by molar-refractivity contribution is 0.0939. The van der Waals surface area contributed by atoms with E-state index in [1.165, 1.54) is 6.07 Å². The predicted octanol–water partition coefficient (Wildman–Crippen LogP) is 2.36. The van der Waals surface area contributed by atoms with Gasteiger partial charge in [0.2, 0.25) is 5.43 Å². The number of rotatable bonds is 7. The number of para-hydroxylation sites is 1. The van der Waals surface area contributed by atoms with E-state index in [9.17, 15) is 9.59 Å². The highest BCUT2D eigenvalue weighted by molar-refractivity contribution is 5.92. The van der Waals surface area contributed by atoms with Crippen molar-refractivity contribution in [3.05, 3.63) is 82.3 Å². The maximum absolute atomic E-state index is 12.4. The Kier molecular flexibility index (Phi) is 6.06. The fourth-order valence-electron chi connectivity index (χ4n) is 2.64. The highest BCUT2D eigenvalue weighted by Gasteiger charge is 2.15. The van der Waals surface area contributed by atoms with Crippen LogP contribution in [0.2, 0.25) is 0 Å². The molecule has 0 saturated heterocycles. The Bertz CT molecular complexity index is 1020. The van der Waals surface area contributed by atoms with Crippen molar-refractivity contribution in [2.24, 2.45) is 0 Å². The lowest BCUT2D eigenvalue weighted by atomic mass is 10.2. The fourth-order valence-corrected chi connectivity index (χ4v) is 2.64. The number of carbonyl (C=O) groups is 1. The van der Waals surface area contributed by atoms with Gasteiger partial charge in [-0.3, -0.25) is 9.59 Å². The van der Waals surface area contributed by atoms with E-state index in [0.29, 0.717) is 17.2 Å². The molecule has 0 saturated carbocycles. The summed E-state index contributed by atoms with van der Waals surface area (Å²) in [6.45, 7) is 2.25. The quantitative estimate of drug-likeness (QED) is 0.637. The average Bonchev–Trinajstić information content (AvgIpc) is 2.72. The molecule has 0 bridgehead atoms. The van der Waals surface area contributed by atoms with Gasteiger partial charge in [-0.15, -0.1) is 0 Å². The minimum atomic E-state index is -0.538. The van der Waals surface area contributed by atoms with Gasteiger partial charge in [-0.25, -0.2) is 4.68 Å². The van der Waals surface area contributed by atoms with E-state index < -0.39 is 11.3 Å². The minimum Gasteiger partial charge on any atom is -0.497 e. The van der Waals surface area contributed by atoms with Crippen molar-refractivity contribution in [2.45, 2.75) is 6.92 Å². The summed E-state index contributed by atoms with van der Waals surface area (Å²) >= 11 is 0. The molecule has 1 heterocycles. The smallest absolute Gasteiger partial charge is 0.275 e. The summed E-state index contributed by atoms with van der Waals surface area (Å²) in [5, 5.41) is 6.90. The number of hydrogen-bond donors (Lipinski definition) is 1. The van der Waals surface area contributed by atoms with Crippen molar-refractivity contribution >= 4 is 5.91 Å². The van der Waals surface area contributed by atoms with Gasteiger partial charge in [-0.2, -0.15) is 5.10 Å². The number of nitrogens with zero attached hydrogens (tertiary/aromatic N) is 2. The van der Waals surface area contributed by atoms with Crippen LogP contribution in [0.5, 0.6) is 11.5 Å². The molecule has 0 aliphatic carbocycles. The second kappa shape index (κ2) is 8.85. The fraction of sp³-hybridized carbons (Fsp3) is 0.190. The highest BCUT2D eigenvalue weighted by Crippen LogP contribution is 2.18. The van der Waals surface area contributed by atoms with E-state index in [2.05, 4.69) is 10.4 Å². The molecule has 3 aromatic rings. The lowest BCUT2D eigenvalue weighted by Gasteiger charge is -2.11. The first-order valence-corrected chi connectivity index (χ1v) is 8.80. The van der Waals surface area contributed by atoms with Gasteiger partial charge in [0.05, 0.1) is 19.3 Å². The maximum atomic E-state index is 12.4. The largest absolute Gasteiger partial charge is 0.497 e. The van der Waals surface area contributed by atoms with Crippen LogP contribution < -0.4 is 20.2 Å². The number of benzene rings is 2. The SMILES string of the molecule is COc1cccc(OCCNC(=O)c2nn(-c3ccccc3)c(C)cc2=O)c1. The van der Waals surface area contributed by atoms with Crippen molar-refractivity contribution in [1.29, 1.82) is 0 Å². The van der Waals surface area contributed by atoms with Crippen LogP contribution in [0.3, 0.4) is 0 Å². The van der Waals surface area contributed by atoms with Crippen LogP contribution in [0, 0.1) is 6.92 Å². The molecule has 0 spiro atoms. The van der Waals surface area contributed by atoms with Gasteiger partial charge in [-0.1, -0.05) is 24.3 Å². The van der Waals surface area contributed by atoms with E-state index in [1.54, 1.807) is 30.8 Å². The standard InChI is InChI=1S/C21H21N3O4/c1-15-13-19(25)20(23-24(15)16-7-4-3-5-8-16)21(26)22-11-12-28-18-10-6-9-17(14-18)27-2/h3-10,13-14H,11-12H2,1-2H3,(H,22,26).